The van der Waals surface area contributed by atoms with E-state index < -0.39 is 5.54 Å². The molecule has 1 unspecified atom stereocenters. The minimum absolute atomic E-state index is 0.0613. The van der Waals surface area contributed by atoms with Crippen molar-refractivity contribution in [3.05, 3.63) is 10.4 Å². The summed E-state index contributed by atoms with van der Waals surface area (Å²) in [6.07, 6.45) is 0. The average molecular weight is 198 g/mol. The van der Waals surface area contributed by atoms with E-state index >= 15 is 0 Å². The third-order valence-electron chi connectivity index (χ3n) is 2.08. The zero-order valence-electron chi connectivity index (χ0n) is 8.57. The molecule has 1 rings (SSSR count). The van der Waals surface area contributed by atoms with Gasteiger partial charge >= 0.3 is 5.97 Å². The van der Waals surface area contributed by atoms with Gasteiger partial charge in [-0.25, -0.2) is 0 Å². The summed E-state index contributed by atoms with van der Waals surface area (Å²) in [4.78, 5) is 14.1. The topological polar surface area (TPSA) is 87.1 Å². The Morgan fingerprint density at radius 1 is 1.64 bits per heavy atom. The van der Waals surface area contributed by atoms with Crippen LogP contribution in [0.15, 0.2) is 5.11 Å². The Morgan fingerprint density at radius 2 is 2.29 bits per heavy atom. The number of nitrogens with zero attached hydrogens (tertiary/aromatic N) is 3. The van der Waals surface area contributed by atoms with Gasteiger partial charge in [0.05, 0.1) is 6.54 Å². The van der Waals surface area contributed by atoms with Crippen molar-refractivity contribution in [2.75, 3.05) is 13.2 Å². The molecular formula is C8H14N4O2. The van der Waals surface area contributed by atoms with Crippen LogP contribution in [0.3, 0.4) is 0 Å². The summed E-state index contributed by atoms with van der Waals surface area (Å²) < 4.78 is 5.02. The van der Waals surface area contributed by atoms with Crippen molar-refractivity contribution in [3.8, 4) is 0 Å². The highest BCUT2D eigenvalue weighted by atomic mass is 16.5. The van der Waals surface area contributed by atoms with Crippen molar-refractivity contribution in [1.82, 2.24) is 5.32 Å². The Bertz CT molecular complexity index is 296. The number of rotatable bonds is 2. The summed E-state index contributed by atoms with van der Waals surface area (Å²) in [6.45, 7) is 5.91. The quantitative estimate of drug-likeness (QED) is 0.310. The minimum atomic E-state index is -0.909. The standard InChI is InChI=1S/C8H14N4O2/c1-7(2)5-14-6(13)8(3,11-7)4-10-12-9/h11H,4-5H2,1-3H3. The normalized spacial score (nSPS) is 30.4. The number of morpholine rings is 1. The second-order valence-electron chi connectivity index (χ2n) is 4.31. The van der Waals surface area contributed by atoms with Crippen LogP contribution in [-0.4, -0.2) is 30.2 Å². The van der Waals surface area contributed by atoms with Gasteiger partial charge in [0.15, 0.2) is 0 Å². The van der Waals surface area contributed by atoms with Crippen molar-refractivity contribution >= 4 is 5.97 Å². The molecule has 0 aromatic carbocycles. The van der Waals surface area contributed by atoms with Gasteiger partial charge < -0.3 is 4.74 Å². The molecule has 6 nitrogen and oxygen atoms in total. The number of hydrogen-bond donors (Lipinski definition) is 1. The lowest BCUT2D eigenvalue weighted by Crippen LogP contribution is -2.66. The van der Waals surface area contributed by atoms with Gasteiger partial charge in [-0.3, -0.25) is 10.1 Å². The largest absolute Gasteiger partial charge is 0.462 e. The smallest absolute Gasteiger partial charge is 0.326 e. The van der Waals surface area contributed by atoms with Gasteiger partial charge in [-0.05, 0) is 26.3 Å². The molecule has 1 fully saturated rings. The molecule has 14 heavy (non-hydrogen) atoms. The van der Waals surface area contributed by atoms with Crippen molar-refractivity contribution in [3.63, 3.8) is 0 Å². The lowest BCUT2D eigenvalue weighted by Gasteiger charge is -2.41. The molecule has 78 valence electrons. The molecule has 6 heteroatoms. The third-order valence-corrected chi connectivity index (χ3v) is 2.08. The fourth-order valence-electron chi connectivity index (χ4n) is 1.52. The lowest BCUT2D eigenvalue weighted by molar-refractivity contribution is -0.160. The maximum absolute atomic E-state index is 11.4. The predicted molar refractivity (Wildman–Crippen MR) is 50.6 cm³/mol. The molecule has 1 saturated heterocycles. The van der Waals surface area contributed by atoms with Crippen molar-refractivity contribution < 1.29 is 9.53 Å². The van der Waals surface area contributed by atoms with Crippen LogP contribution in [0.2, 0.25) is 0 Å². The number of cyclic esters (lactones) is 1. The Morgan fingerprint density at radius 3 is 2.86 bits per heavy atom. The van der Waals surface area contributed by atoms with Gasteiger partial charge in [-0.1, -0.05) is 5.11 Å². The van der Waals surface area contributed by atoms with Crippen LogP contribution in [-0.2, 0) is 9.53 Å². The molecule has 1 aliphatic heterocycles. The molecule has 0 radical (unpaired) electrons. The third kappa shape index (κ3) is 2.16. The van der Waals surface area contributed by atoms with Crippen molar-refractivity contribution in [2.24, 2.45) is 5.11 Å². The van der Waals surface area contributed by atoms with Crippen LogP contribution in [0.4, 0.5) is 0 Å². The van der Waals surface area contributed by atoms with E-state index in [0.29, 0.717) is 6.61 Å². The molecular weight excluding hydrogens is 184 g/mol. The molecule has 0 aliphatic carbocycles. The van der Waals surface area contributed by atoms with E-state index in [-0.39, 0.29) is 18.1 Å². The predicted octanol–water partition coefficient (Wildman–Crippen LogP) is 0.980. The zero-order valence-corrected chi connectivity index (χ0v) is 8.57. The van der Waals surface area contributed by atoms with Gasteiger partial charge in [0.1, 0.15) is 12.1 Å². The Kier molecular flexibility index (Phi) is 2.69. The van der Waals surface area contributed by atoms with Crippen LogP contribution in [0.25, 0.3) is 10.4 Å². The van der Waals surface area contributed by atoms with Gasteiger partial charge in [0.25, 0.3) is 0 Å². The molecule has 0 bridgehead atoms. The van der Waals surface area contributed by atoms with Crippen LogP contribution >= 0.6 is 0 Å². The van der Waals surface area contributed by atoms with E-state index in [1.54, 1.807) is 6.92 Å². The molecule has 1 atom stereocenters. The first-order valence-electron chi connectivity index (χ1n) is 4.37. The van der Waals surface area contributed by atoms with Crippen LogP contribution in [0.5, 0.6) is 0 Å². The van der Waals surface area contributed by atoms with Gasteiger partial charge in [-0.2, -0.15) is 0 Å². The van der Waals surface area contributed by atoms with E-state index in [2.05, 4.69) is 15.3 Å². The number of esters is 1. The summed E-state index contributed by atoms with van der Waals surface area (Å²) in [6, 6.07) is 0. The van der Waals surface area contributed by atoms with Gasteiger partial charge in [0, 0.05) is 10.5 Å². The second-order valence-corrected chi connectivity index (χ2v) is 4.31. The van der Waals surface area contributed by atoms with E-state index in [0.717, 1.165) is 0 Å². The zero-order chi connectivity index (χ0) is 10.8. The van der Waals surface area contributed by atoms with E-state index in [9.17, 15) is 4.79 Å². The fourth-order valence-corrected chi connectivity index (χ4v) is 1.52. The maximum atomic E-state index is 11.4. The second kappa shape index (κ2) is 3.48. The summed E-state index contributed by atoms with van der Waals surface area (Å²) in [5.74, 6) is -0.371. The first-order valence-corrected chi connectivity index (χ1v) is 4.37. The highest BCUT2D eigenvalue weighted by Crippen LogP contribution is 2.20. The molecule has 1 aliphatic rings. The Hall–Kier alpha value is -1.26. The minimum Gasteiger partial charge on any atom is -0.462 e. The summed E-state index contributed by atoms with van der Waals surface area (Å²) in [5, 5.41) is 6.51. The molecule has 0 aromatic heterocycles. The van der Waals surface area contributed by atoms with Crippen molar-refractivity contribution in [1.29, 1.82) is 0 Å². The summed E-state index contributed by atoms with van der Waals surface area (Å²) >= 11 is 0. The highest BCUT2D eigenvalue weighted by Gasteiger charge is 2.43. The number of carbonyl (C=O) groups excluding carboxylic acids is 1. The highest BCUT2D eigenvalue weighted by molar-refractivity contribution is 5.81. The first kappa shape index (κ1) is 10.8. The van der Waals surface area contributed by atoms with Crippen LogP contribution in [0.1, 0.15) is 20.8 Å². The van der Waals surface area contributed by atoms with E-state index in [4.69, 9.17) is 10.3 Å². The average Bonchev–Trinajstić information content (AvgIpc) is 2.08. The SMILES string of the molecule is CC1(C)COC(=O)C(C)(CN=[N+]=[N-])N1. The number of ether oxygens (including phenoxy) is 1. The van der Waals surface area contributed by atoms with Gasteiger partial charge in [-0.15, -0.1) is 0 Å². The Labute approximate surface area is 82.2 Å². The van der Waals surface area contributed by atoms with Crippen LogP contribution < -0.4 is 5.32 Å². The number of carbonyl (C=O) groups is 1. The lowest BCUT2D eigenvalue weighted by atomic mass is 9.94. The van der Waals surface area contributed by atoms with Gasteiger partial charge in [0.2, 0.25) is 0 Å². The number of hydrogen-bond acceptors (Lipinski definition) is 4. The monoisotopic (exact) mass is 198 g/mol. The summed E-state index contributed by atoms with van der Waals surface area (Å²) in [7, 11) is 0. The van der Waals surface area contributed by atoms with Crippen molar-refractivity contribution in [2.45, 2.75) is 31.8 Å². The number of azide groups is 1. The molecule has 0 amide bonds. The fraction of sp³-hybridized carbons (Fsp3) is 0.875. The summed E-state index contributed by atoms with van der Waals surface area (Å²) in [5.41, 5.74) is 7.01. The van der Waals surface area contributed by atoms with E-state index in [1.165, 1.54) is 0 Å². The molecule has 0 aromatic rings. The molecule has 1 N–H and O–H groups in total. The Balaban J connectivity index is 2.82. The first-order chi connectivity index (χ1) is 6.40. The van der Waals surface area contributed by atoms with Crippen LogP contribution in [0, 0.1) is 0 Å². The number of nitrogens with one attached hydrogen (secondary N) is 1. The van der Waals surface area contributed by atoms with E-state index in [1.807, 2.05) is 13.8 Å². The molecule has 0 saturated carbocycles. The maximum Gasteiger partial charge on any atom is 0.326 e. The molecule has 1 heterocycles. The molecule has 0 spiro atoms.